The largest absolute Gasteiger partial charge is 0.367 e. The van der Waals surface area contributed by atoms with Crippen LogP contribution in [0.5, 0.6) is 0 Å². The van der Waals surface area contributed by atoms with Gasteiger partial charge in [0.05, 0.1) is 22.8 Å². The molecule has 0 amide bonds. The number of aromatic amines is 1. The van der Waals surface area contributed by atoms with Crippen molar-refractivity contribution in [2.24, 2.45) is 0 Å². The van der Waals surface area contributed by atoms with E-state index in [1.807, 2.05) is 22.8 Å². The van der Waals surface area contributed by atoms with E-state index < -0.39 is 0 Å². The van der Waals surface area contributed by atoms with E-state index in [1.165, 1.54) is 0 Å². The molecule has 1 aliphatic carbocycles. The Bertz CT molecular complexity index is 823. The molecule has 19 heavy (non-hydrogen) atoms. The Morgan fingerprint density at radius 2 is 2.26 bits per heavy atom. The zero-order valence-corrected chi connectivity index (χ0v) is 10.1. The molecule has 6 heteroatoms. The van der Waals surface area contributed by atoms with Crippen LogP contribution in [-0.2, 0) is 0 Å². The van der Waals surface area contributed by atoms with Crippen LogP contribution in [0, 0.1) is 0 Å². The molecule has 0 unspecified atom stereocenters. The molecule has 1 fully saturated rings. The molecule has 2 heterocycles. The van der Waals surface area contributed by atoms with Crippen LogP contribution < -0.4 is 11.4 Å². The van der Waals surface area contributed by atoms with Gasteiger partial charge in [-0.15, -0.1) is 0 Å². The summed E-state index contributed by atoms with van der Waals surface area (Å²) in [6, 6.07) is 6.12. The highest BCUT2D eigenvalue weighted by molar-refractivity contribution is 5.84. The second-order valence-electron chi connectivity index (χ2n) is 4.87. The fourth-order valence-corrected chi connectivity index (χ4v) is 2.46. The maximum absolute atomic E-state index is 11.9. The van der Waals surface area contributed by atoms with E-state index in [2.05, 4.69) is 10.1 Å². The molecule has 0 saturated heterocycles. The number of benzene rings is 1. The van der Waals surface area contributed by atoms with Crippen molar-refractivity contribution in [3.8, 4) is 11.1 Å². The van der Waals surface area contributed by atoms with Crippen molar-refractivity contribution in [2.75, 3.05) is 5.73 Å². The molecule has 96 valence electrons. The molecule has 0 spiro atoms. The Balaban J connectivity index is 1.93. The van der Waals surface area contributed by atoms with Crippen molar-refractivity contribution in [3.63, 3.8) is 0 Å². The van der Waals surface area contributed by atoms with E-state index in [0.717, 1.165) is 35.0 Å². The van der Waals surface area contributed by atoms with E-state index in [0.29, 0.717) is 6.04 Å². The minimum absolute atomic E-state index is 0.0482. The van der Waals surface area contributed by atoms with Crippen LogP contribution in [0.1, 0.15) is 18.9 Å². The van der Waals surface area contributed by atoms with Gasteiger partial charge in [-0.3, -0.25) is 4.57 Å². The highest BCUT2D eigenvalue weighted by atomic mass is 16.5. The van der Waals surface area contributed by atoms with Gasteiger partial charge in [0.1, 0.15) is 0 Å². The molecule has 0 aliphatic heterocycles. The SMILES string of the molecule is Nc1oncc1-c1ccc2c(c1)[nH]c(=O)n2C1CC1. The third-order valence-electron chi connectivity index (χ3n) is 3.54. The number of nitrogen functional groups attached to an aromatic ring is 1. The lowest BCUT2D eigenvalue weighted by atomic mass is 10.1. The first-order chi connectivity index (χ1) is 9.24. The van der Waals surface area contributed by atoms with Gasteiger partial charge in [0.15, 0.2) is 0 Å². The van der Waals surface area contributed by atoms with Gasteiger partial charge in [-0.05, 0) is 30.5 Å². The first-order valence-electron chi connectivity index (χ1n) is 6.19. The van der Waals surface area contributed by atoms with Gasteiger partial charge >= 0.3 is 5.69 Å². The maximum Gasteiger partial charge on any atom is 0.326 e. The Morgan fingerprint density at radius 1 is 1.42 bits per heavy atom. The third-order valence-corrected chi connectivity index (χ3v) is 3.54. The van der Waals surface area contributed by atoms with E-state index in [4.69, 9.17) is 10.3 Å². The summed E-state index contributed by atoms with van der Waals surface area (Å²) in [5.74, 6) is 0.281. The zero-order valence-electron chi connectivity index (χ0n) is 10.1. The highest BCUT2D eigenvalue weighted by Crippen LogP contribution is 2.36. The van der Waals surface area contributed by atoms with Gasteiger partial charge in [0.2, 0.25) is 5.88 Å². The predicted octanol–water partition coefficient (Wildman–Crippen LogP) is 1.90. The third kappa shape index (κ3) is 1.49. The number of hydrogen-bond donors (Lipinski definition) is 2. The maximum atomic E-state index is 11.9. The summed E-state index contributed by atoms with van der Waals surface area (Å²) in [7, 11) is 0. The molecular formula is C13H12N4O2. The van der Waals surface area contributed by atoms with Crippen LogP contribution in [0.3, 0.4) is 0 Å². The first-order valence-corrected chi connectivity index (χ1v) is 6.19. The number of nitrogens with two attached hydrogens (primary N) is 1. The second-order valence-corrected chi connectivity index (χ2v) is 4.87. The first kappa shape index (κ1) is 10.4. The van der Waals surface area contributed by atoms with Crippen LogP contribution >= 0.6 is 0 Å². The topological polar surface area (TPSA) is 89.8 Å². The number of H-pyrrole nitrogens is 1. The van der Waals surface area contributed by atoms with E-state index in [9.17, 15) is 4.79 Å². The molecule has 1 aromatic carbocycles. The lowest BCUT2D eigenvalue weighted by Crippen LogP contribution is -2.14. The summed E-state index contributed by atoms with van der Waals surface area (Å²) in [5, 5.41) is 3.66. The smallest absolute Gasteiger partial charge is 0.326 e. The Morgan fingerprint density at radius 3 is 2.95 bits per heavy atom. The number of nitrogens with one attached hydrogen (secondary N) is 1. The summed E-state index contributed by atoms with van der Waals surface area (Å²) < 4.78 is 6.69. The molecule has 0 atom stereocenters. The lowest BCUT2D eigenvalue weighted by molar-refractivity contribution is 0.436. The second kappa shape index (κ2) is 3.50. The molecule has 4 rings (SSSR count). The summed E-state index contributed by atoms with van der Waals surface area (Å²) in [6.45, 7) is 0. The van der Waals surface area contributed by atoms with Gasteiger partial charge in [-0.2, -0.15) is 0 Å². The Labute approximate surface area is 107 Å². The lowest BCUT2D eigenvalue weighted by Gasteiger charge is -2.01. The number of aromatic nitrogens is 3. The normalized spacial score (nSPS) is 15.2. The number of hydrogen-bond acceptors (Lipinski definition) is 4. The van der Waals surface area contributed by atoms with Gasteiger partial charge in [0, 0.05) is 6.04 Å². The molecule has 2 aromatic heterocycles. The molecule has 6 nitrogen and oxygen atoms in total. The molecule has 0 bridgehead atoms. The van der Waals surface area contributed by atoms with Crippen LogP contribution in [0.2, 0.25) is 0 Å². The van der Waals surface area contributed by atoms with Gasteiger partial charge in [0.25, 0.3) is 0 Å². The predicted molar refractivity (Wildman–Crippen MR) is 70.7 cm³/mol. The van der Waals surface area contributed by atoms with Crippen LogP contribution in [0.15, 0.2) is 33.7 Å². The molecule has 1 aliphatic rings. The summed E-state index contributed by atoms with van der Waals surface area (Å²) >= 11 is 0. The van der Waals surface area contributed by atoms with Gasteiger partial charge in [-0.1, -0.05) is 11.2 Å². The number of nitrogens with zero attached hydrogens (tertiary/aromatic N) is 2. The van der Waals surface area contributed by atoms with E-state index in [-0.39, 0.29) is 11.6 Å². The quantitative estimate of drug-likeness (QED) is 0.732. The number of imidazole rings is 1. The van der Waals surface area contributed by atoms with Crippen molar-refractivity contribution in [1.29, 1.82) is 0 Å². The van der Waals surface area contributed by atoms with Crippen LogP contribution in [-0.4, -0.2) is 14.7 Å². The highest BCUT2D eigenvalue weighted by Gasteiger charge is 2.27. The molecular weight excluding hydrogens is 244 g/mol. The molecule has 1 saturated carbocycles. The Hall–Kier alpha value is -2.50. The van der Waals surface area contributed by atoms with Crippen molar-refractivity contribution < 1.29 is 4.52 Å². The number of fused-ring (bicyclic) bond motifs is 1. The molecule has 0 radical (unpaired) electrons. The monoisotopic (exact) mass is 256 g/mol. The zero-order chi connectivity index (χ0) is 13.0. The minimum Gasteiger partial charge on any atom is -0.367 e. The standard InChI is InChI=1S/C13H12N4O2/c14-12-9(6-15-19-12)7-1-4-11-10(5-7)16-13(18)17(11)8-2-3-8/h1,4-6,8H,2-3,14H2,(H,16,18). The van der Waals surface area contributed by atoms with Gasteiger partial charge < -0.3 is 15.2 Å². The van der Waals surface area contributed by atoms with Crippen LogP contribution in [0.25, 0.3) is 22.2 Å². The summed E-state index contributed by atoms with van der Waals surface area (Å²) in [5.41, 5.74) is 9.03. The van der Waals surface area contributed by atoms with E-state index in [1.54, 1.807) is 6.20 Å². The van der Waals surface area contributed by atoms with Crippen molar-refractivity contribution in [2.45, 2.75) is 18.9 Å². The van der Waals surface area contributed by atoms with Crippen molar-refractivity contribution in [3.05, 3.63) is 34.9 Å². The average molecular weight is 256 g/mol. The van der Waals surface area contributed by atoms with Crippen LogP contribution in [0.4, 0.5) is 5.88 Å². The minimum atomic E-state index is -0.0482. The summed E-state index contributed by atoms with van der Waals surface area (Å²) in [4.78, 5) is 14.8. The average Bonchev–Trinajstić information content (AvgIpc) is 3.04. The molecule has 3 aromatic rings. The van der Waals surface area contributed by atoms with Crippen molar-refractivity contribution in [1.82, 2.24) is 14.7 Å². The fraction of sp³-hybridized carbons (Fsp3) is 0.231. The molecule has 3 N–H and O–H groups in total. The van der Waals surface area contributed by atoms with E-state index >= 15 is 0 Å². The van der Waals surface area contributed by atoms with Gasteiger partial charge in [-0.25, -0.2) is 4.79 Å². The Kier molecular flexibility index (Phi) is 1.92. The number of rotatable bonds is 2. The summed E-state index contributed by atoms with van der Waals surface area (Å²) in [6.07, 6.45) is 3.73. The number of anilines is 1. The fourth-order valence-electron chi connectivity index (χ4n) is 2.46. The van der Waals surface area contributed by atoms with Crippen molar-refractivity contribution >= 4 is 16.9 Å².